The Morgan fingerprint density at radius 2 is 2.22 bits per heavy atom. The number of esters is 1. The van der Waals surface area contributed by atoms with Crippen molar-refractivity contribution in [3.8, 4) is 0 Å². The summed E-state index contributed by atoms with van der Waals surface area (Å²) in [4.78, 5) is 24.5. The van der Waals surface area contributed by atoms with Crippen LogP contribution in [0.5, 0.6) is 0 Å². The van der Waals surface area contributed by atoms with E-state index in [0.717, 1.165) is 6.07 Å². The molecule has 0 spiro atoms. The molecule has 0 amide bonds. The lowest BCUT2D eigenvalue weighted by Gasteiger charge is -2.17. The van der Waals surface area contributed by atoms with Crippen LogP contribution in [0, 0.1) is 10.1 Å². The molecule has 0 fully saturated rings. The van der Waals surface area contributed by atoms with E-state index in [2.05, 4.69) is 10.0 Å². The molecule has 0 aliphatic heterocycles. The number of nitro groups is 1. The molecule has 0 radical (unpaired) electrons. The number of ether oxygens (including phenoxy) is 1. The molecule has 0 aliphatic carbocycles. The van der Waals surface area contributed by atoms with E-state index in [4.69, 9.17) is 10.3 Å². The Balaban J connectivity index is 3.07. The van der Waals surface area contributed by atoms with Crippen molar-refractivity contribution in [2.45, 2.75) is 25.6 Å². The molecule has 10 nitrogen and oxygen atoms in total. The van der Waals surface area contributed by atoms with Gasteiger partial charge in [-0.15, -0.1) is 0 Å². The van der Waals surface area contributed by atoms with Crippen molar-refractivity contribution in [1.82, 2.24) is 0 Å². The molecule has 2 atom stereocenters. The molecule has 10 heteroatoms. The van der Waals surface area contributed by atoms with Gasteiger partial charge in [0.15, 0.2) is 0 Å². The van der Waals surface area contributed by atoms with Crippen molar-refractivity contribution in [3.63, 3.8) is 0 Å². The van der Waals surface area contributed by atoms with Crippen molar-refractivity contribution < 1.29 is 24.7 Å². The summed E-state index contributed by atoms with van der Waals surface area (Å²) < 4.78 is 4.76. The summed E-state index contributed by atoms with van der Waals surface area (Å²) in [5, 5.41) is 34.2. The van der Waals surface area contributed by atoms with Gasteiger partial charge in [-0.1, -0.05) is 5.11 Å². The molecule has 2 N–H and O–H groups in total. The number of hydrogen-bond donors (Lipinski definition) is 2. The fourth-order valence-corrected chi connectivity index (χ4v) is 1.89. The predicted molar refractivity (Wildman–Crippen MR) is 78.6 cm³/mol. The maximum absolute atomic E-state index is 11.6. The standard InChI is InChI=1S/C13H16N4O6/c1-2-23-13(20)8-3-4-9(10(7-8)17(21)22)12(19)11(18)5-6-15-16-14/h3-4,7,11-12,18-19H,2,5-6H2,1H3. The Kier molecular flexibility index (Phi) is 6.94. The number of carbonyl (C=O) groups is 1. The predicted octanol–water partition coefficient (Wildman–Crippen LogP) is 1.87. The Morgan fingerprint density at radius 3 is 2.78 bits per heavy atom. The highest BCUT2D eigenvalue weighted by atomic mass is 16.6. The minimum atomic E-state index is -1.56. The van der Waals surface area contributed by atoms with Crippen LogP contribution in [0.4, 0.5) is 5.69 Å². The molecule has 0 bridgehead atoms. The molecule has 2 unspecified atom stereocenters. The van der Waals surface area contributed by atoms with Crippen LogP contribution in [-0.4, -0.2) is 40.4 Å². The summed E-state index contributed by atoms with van der Waals surface area (Å²) in [6.07, 6.45) is -2.98. The normalized spacial score (nSPS) is 12.8. The highest BCUT2D eigenvalue weighted by molar-refractivity contribution is 5.90. The summed E-state index contributed by atoms with van der Waals surface area (Å²) in [6.45, 7) is 1.66. The summed E-state index contributed by atoms with van der Waals surface area (Å²) >= 11 is 0. The Hall–Kier alpha value is -2.68. The Labute approximate surface area is 131 Å². The van der Waals surface area contributed by atoms with Gasteiger partial charge in [0.1, 0.15) is 6.10 Å². The number of nitro benzene ring substituents is 1. The SMILES string of the molecule is CCOC(=O)c1ccc(C(O)C(O)CCN=[N+]=[N-])c([N+](=O)[O-])c1. The number of azide groups is 1. The number of aliphatic hydroxyl groups is 2. The number of hydrogen-bond acceptors (Lipinski definition) is 7. The molecule has 1 aromatic rings. The Bertz CT molecular complexity index is 629. The first kappa shape index (κ1) is 18.4. The largest absolute Gasteiger partial charge is 0.462 e. The Morgan fingerprint density at radius 1 is 1.52 bits per heavy atom. The second-order valence-electron chi connectivity index (χ2n) is 4.51. The molecular weight excluding hydrogens is 308 g/mol. The second-order valence-corrected chi connectivity index (χ2v) is 4.51. The quantitative estimate of drug-likeness (QED) is 0.185. The van der Waals surface area contributed by atoms with Crippen molar-refractivity contribution in [3.05, 3.63) is 49.9 Å². The average Bonchev–Trinajstić information content (AvgIpc) is 2.53. The topological polar surface area (TPSA) is 159 Å². The first-order valence-corrected chi connectivity index (χ1v) is 6.74. The van der Waals surface area contributed by atoms with E-state index in [-0.39, 0.29) is 30.7 Å². The van der Waals surface area contributed by atoms with E-state index in [1.54, 1.807) is 6.92 Å². The molecule has 0 aliphatic rings. The molecule has 0 heterocycles. The summed E-state index contributed by atoms with van der Waals surface area (Å²) in [7, 11) is 0. The first-order valence-electron chi connectivity index (χ1n) is 6.74. The van der Waals surface area contributed by atoms with Gasteiger partial charge in [-0.05, 0) is 31.0 Å². The van der Waals surface area contributed by atoms with Gasteiger partial charge in [0, 0.05) is 17.5 Å². The van der Waals surface area contributed by atoms with Gasteiger partial charge in [-0.2, -0.15) is 0 Å². The maximum atomic E-state index is 11.6. The van der Waals surface area contributed by atoms with Gasteiger partial charge in [-0.3, -0.25) is 10.1 Å². The maximum Gasteiger partial charge on any atom is 0.338 e. The van der Waals surface area contributed by atoms with Crippen molar-refractivity contribution in [1.29, 1.82) is 0 Å². The number of nitrogens with zero attached hydrogens (tertiary/aromatic N) is 4. The minimum absolute atomic E-state index is 0.0296. The second kappa shape index (κ2) is 8.69. The van der Waals surface area contributed by atoms with E-state index in [1.165, 1.54) is 12.1 Å². The first-order chi connectivity index (χ1) is 10.9. The summed E-state index contributed by atoms with van der Waals surface area (Å²) in [6, 6.07) is 3.44. The summed E-state index contributed by atoms with van der Waals surface area (Å²) in [5.41, 5.74) is 7.48. The zero-order valence-electron chi connectivity index (χ0n) is 12.3. The molecule has 0 saturated heterocycles. The lowest BCUT2D eigenvalue weighted by atomic mass is 9.99. The lowest BCUT2D eigenvalue weighted by molar-refractivity contribution is -0.386. The zero-order chi connectivity index (χ0) is 17.4. The van der Waals surface area contributed by atoms with Crippen LogP contribution in [0.15, 0.2) is 23.3 Å². The van der Waals surface area contributed by atoms with E-state index < -0.39 is 28.8 Å². The number of benzene rings is 1. The van der Waals surface area contributed by atoms with Crippen molar-refractivity contribution >= 4 is 11.7 Å². The molecule has 0 saturated carbocycles. The minimum Gasteiger partial charge on any atom is -0.462 e. The molecule has 23 heavy (non-hydrogen) atoms. The molecular formula is C13H16N4O6. The van der Waals surface area contributed by atoms with Crippen LogP contribution >= 0.6 is 0 Å². The lowest BCUT2D eigenvalue weighted by Crippen LogP contribution is -2.20. The van der Waals surface area contributed by atoms with Crippen LogP contribution in [0.1, 0.15) is 35.4 Å². The smallest absolute Gasteiger partial charge is 0.338 e. The number of rotatable bonds is 8. The van der Waals surface area contributed by atoms with Gasteiger partial charge in [0.2, 0.25) is 0 Å². The van der Waals surface area contributed by atoms with Gasteiger partial charge in [-0.25, -0.2) is 4.79 Å². The molecule has 1 aromatic carbocycles. The number of carbonyl (C=O) groups excluding carboxylic acids is 1. The number of aliphatic hydroxyl groups excluding tert-OH is 2. The third kappa shape index (κ3) is 4.92. The third-order valence-electron chi connectivity index (χ3n) is 3.01. The monoisotopic (exact) mass is 324 g/mol. The van der Waals surface area contributed by atoms with E-state index in [0.29, 0.717) is 0 Å². The summed E-state index contributed by atoms with van der Waals surface area (Å²) in [5.74, 6) is -0.722. The molecule has 124 valence electrons. The van der Waals surface area contributed by atoms with Gasteiger partial charge in [0.05, 0.1) is 28.8 Å². The van der Waals surface area contributed by atoms with Gasteiger partial charge >= 0.3 is 5.97 Å². The molecule has 0 aromatic heterocycles. The van der Waals surface area contributed by atoms with E-state index in [1.807, 2.05) is 0 Å². The van der Waals surface area contributed by atoms with Crippen LogP contribution in [0.2, 0.25) is 0 Å². The van der Waals surface area contributed by atoms with E-state index in [9.17, 15) is 25.1 Å². The van der Waals surface area contributed by atoms with Gasteiger partial charge < -0.3 is 14.9 Å². The highest BCUT2D eigenvalue weighted by Crippen LogP contribution is 2.29. The van der Waals surface area contributed by atoms with E-state index >= 15 is 0 Å². The van der Waals surface area contributed by atoms with Crippen LogP contribution < -0.4 is 0 Å². The molecule has 1 rings (SSSR count). The van der Waals surface area contributed by atoms with Crippen LogP contribution in [-0.2, 0) is 4.74 Å². The van der Waals surface area contributed by atoms with Crippen molar-refractivity contribution in [2.24, 2.45) is 5.11 Å². The van der Waals surface area contributed by atoms with Gasteiger partial charge in [0.25, 0.3) is 5.69 Å². The van der Waals surface area contributed by atoms with Crippen LogP contribution in [0.25, 0.3) is 10.4 Å². The average molecular weight is 324 g/mol. The highest BCUT2D eigenvalue weighted by Gasteiger charge is 2.27. The third-order valence-corrected chi connectivity index (χ3v) is 3.01. The fourth-order valence-electron chi connectivity index (χ4n) is 1.89. The van der Waals surface area contributed by atoms with Crippen molar-refractivity contribution in [2.75, 3.05) is 13.2 Å². The zero-order valence-corrected chi connectivity index (χ0v) is 12.3. The fraction of sp³-hybridized carbons (Fsp3) is 0.462. The van der Waals surface area contributed by atoms with Crippen LogP contribution in [0.3, 0.4) is 0 Å².